The molecule has 122 valence electrons. The van der Waals surface area contributed by atoms with Gasteiger partial charge in [0.2, 0.25) is 0 Å². The van der Waals surface area contributed by atoms with Crippen LogP contribution in [0.5, 0.6) is 0 Å². The van der Waals surface area contributed by atoms with Gasteiger partial charge in [0.1, 0.15) is 15.5 Å². The Morgan fingerprint density at radius 3 is 3.00 bits per heavy atom. The number of aliphatic imine (C=N–C) groups is 1. The van der Waals surface area contributed by atoms with Gasteiger partial charge in [0.15, 0.2) is 5.17 Å². The SMILES string of the molecule is C=CCN=C(N)SCc1nc2sc(C(=O)OC)c(C)c2c(=O)[nH]1. The van der Waals surface area contributed by atoms with Gasteiger partial charge >= 0.3 is 5.97 Å². The normalized spacial score (nSPS) is 11.7. The van der Waals surface area contributed by atoms with Crippen LogP contribution in [0, 0.1) is 6.92 Å². The number of methoxy groups -OCH3 is 1. The summed E-state index contributed by atoms with van der Waals surface area (Å²) in [4.78, 5) is 36.0. The van der Waals surface area contributed by atoms with Crippen LogP contribution in [0.2, 0.25) is 0 Å². The zero-order valence-corrected chi connectivity index (χ0v) is 14.3. The van der Waals surface area contributed by atoms with E-state index < -0.39 is 5.97 Å². The molecule has 0 aromatic carbocycles. The molecular formula is C14H16N4O3S2. The largest absolute Gasteiger partial charge is 0.465 e. The number of rotatable bonds is 5. The fourth-order valence-electron chi connectivity index (χ4n) is 1.89. The summed E-state index contributed by atoms with van der Waals surface area (Å²) in [5.74, 6) is 0.380. The first-order valence-electron chi connectivity index (χ1n) is 6.62. The van der Waals surface area contributed by atoms with Crippen LogP contribution in [-0.2, 0) is 10.5 Å². The zero-order chi connectivity index (χ0) is 17.0. The van der Waals surface area contributed by atoms with Crippen LogP contribution >= 0.6 is 23.1 Å². The number of hydrogen-bond donors (Lipinski definition) is 2. The van der Waals surface area contributed by atoms with E-state index in [1.165, 1.54) is 18.9 Å². The molecule has 0 radical (unpaired) electrons. The molecule has 3 N–H and O–H groups in total. The number of aromatic nitrogens is 2. The maximum atomic E-state index is 12.2. The summed E-state index contributed by atoms with van der Waals surface area (Å²) in [7, 11) is 1.30. The molecule has 9 heteroatoms. The van der Waals surface area contributed by atoms with Crippen molar-refractivity contribution in [3.8, 4) is 0 Å². The molecule has 0 saturated heterocycles. The lowest BCUT2D eigenvalue weighted by atomic mass is 10.2. The summed E-state index contributed by atoms with van der Waals surface area (Å²) in [6.45, 7) is 5.70. The summed E-state index contributed by atoms with van der Waals surface area (Å²) in [6, 6.07) is 0. The third-order valence-corrected chi connectivity index (χ3v) is 4.96. The predicted octanol–water partition coefficient (Wildman–Crippen LogP) is 1.81. The molecule has 2 heterocycles. The summed E-state index contributed by atoms with van der Waals surface area (Å²) >= 11 is 2.41. The number of thioether (sulfide) groups is 1. The van der Waals surface area contributed by atoms with Gasteiger partial charge in [-0.05, 0) is 12.5 Å². The monoisotopic (exact) mass is 352 g/mol. The lowest BCUT2D eigenvalue weighted by Crippen LogP contribution is -2.13. The minimum Gasteiger partial charge on any atom is -0.465 e. The molecule has 0 unspecified atom stereocenters. The van der Waals surface area contributed by atoms with Crippen LogP contribution in [0.1, 0.15) is 21.1 Å². The highest BCUT2D eigenvalue weighted by Crippen LogP contribution is 2.27. The number of ether oxygens (including phenoxy) is 1. The van der Waals surface area contributed by atoms with Crippen molar-refractivity contribution in [3.05, 3.63) is 39.3 Å². The molecule has 0 aliphatic rings. The van der Waals surface area contributed by atoms with Gasteiger partial charge in [0.25, 0.3) is 5.56 Å². The predicted molar refractivity (Wildman–Crippen MR) is 94.3 cm³/mol. The molecule has 0 aliphatic carbocycles. The van der Waals surface area contributed by atoms with E-state index in [4.69, 9.17) is 10.5 Å². The third-order valence-electron chi connectivity index (χ3n) is 2.95. The van der Waals surface area contributed by atoms with Gasteiger partial charge in [-0.25, -0.2) is 9.78 Å². The Morgan fingerprint density at radius 2 is 2.35 bits per heavy atom. The number of nitrogens with zero attached hydrogens (tertiary/aromatic N) is 2. The Hall–Kier alpha value is -2.13. The molecule has 0 bridgehead atoms. The van der Waals surface area contributed by atoms with Gasteiger partial charge in [-0.1, -0.05) is 17.8 Å². The smallest absolute Gasteiger partial charge is 0.348 e. The molecule has 0 fully saturated rings. The van der Waals surface area contributed by atoms with Crippen LogP contribution in [0.3, 0.4) is 0 Å². The average molecular weight is 352 g/mol. The van der Waals surface area contributed by atoms with E-state index in [1.54, 1.807) is 13.0 Å². The molecule has 2 aromatic heterocycles. The maximum Gasteiger partial charge on any atom is 0.348 e. The molecular weight excluding hydrogens is 336 g/mol. The number of nitrogens with two attached hydrogens (primary N) is 1. The molecule has 23 heavy (non-hydrogen) atoms. The first-order valence-corrected chi connectivity index (χ1v) is 8.42. The Labute approximate surface area is 140 Å². The van der Waals surface area contributed by atoms with Crippen molar-refractivity contribution in [1.29, 1.82) is 0 Å². The van der Waals surface area contributed by atoms with E-state index in [1.807, 2.05) is 0 Å². The summed E-state index contributed by atoms with van der Waals surface area (Å²) in [5.41, 5.74) is 6.03. The topological polar surface area (TPSA) is 110 Å². The number of aromatic amines is 1. The van der Waals surface area contributed by atoms with Gasteiger partial charge in [-0.15, -0.1) is 17.9 Å². The minimum absolute atomic E-state index is 0.281. The van der Waals surface area contributed by atoms with E-state index in [2.05, 4.69) is 21.5 Å². The third kappa shape index (κ3) is 3.80. The van der Waals surface area contributed by atoms with Gasteiger partial charge in [0, 0.05) is 0 Å². The second-order valence-electron chi connectivity index (χ2n) is 4.50. The minimum atomic E-state index is -0.471. The van der Waals surface area contributed by atoms with E-state index >= 15 is 0 Å². The van der Waals surface area contributed by atoms with Gasteiger partial charge in [-0.2, -0.15) is 0 Å². The standard InChI is InChI=1S/C14H16N4O3S2/c1-4-5-16-14(15)22-6-8-17-11(19)9-7(2)10(13(20)21-3)23-12(9)18-8/h4H,1,5-6H2,2-3H3,(H2,15,16)(H,17,18,19). The average Bonchev–Trinajstić information content (AvgIpc) is 2.87. The molecule has 2 rings (SSSR count). The maximum absolute atomic E-state index is 12.2. The fourth-order valence-corrected chi connectivity index (χ4v) is 3.59. The van der Waals surface area contributed by atoms with Crippen molar-refractivity contribution in [2.45, 2.75) is 12.7 Å². The molecule has 0 atom stereocenters. The summed E-state index contributed by atoms with van der Waals surface area (Å²) in [5, 5.41) is 0.808. The fraction of sp³-hybridized carbons (Fsp3) is 0.286. The number of amidine groups is 1. The van der Waals surface area contributed by atoms with Gasteiger partial charge < -0.3 is 15.5 Å². The van der Waals surface area contributed by atoms with E-state index in [-0.39, 0.29) is 5.56 Å². The van der Waals surface area contributed by atoms with Crippen LogP contribution in [-0.4, -0.2) is 34.8 Å². The highest BCUT2D eigenvalue weighted by Gasteiger charge is 2.19. The summed E-state index contributed by atoms with van der Waals surface area (Å²) < 4.78 is 4.72. The van der Waals surface area contributed by atoms with Crippen molar-refractivity contribution in [1.82, 2.24) is 9.97 Å². The Kier molecular flexibility index (Phi) is 5.56. The number of esters is 1. The number of fused-ring (bicyclic) bond motifs is 1. The Morgan fingerprint density at radius 1 is 1.61 bits per heavy atom. The highest BCUT2D eigenvalue weighted by atomic mass is 32.2. The lowest BCUT2D eigenvalue weighted by Gasteiger charge is -2.01. The van der Waals surface area contributed by atoms with Crippen molar-refractivity contribution >= 4 is 44.5 Å². The summed E-state index contributed by atoms with van der Waals surface area (Å²) in [6.07, 6.45) is 1.64. The number of thiophene rings is 1. The Bertz CT molecular complexity index is 838. The van der Waals surface area contributed by atoms with E-state index in [0.29, 0.717) is 43.9 Å². The first-order chi connectivity index (χ1) is 11.0. The first kappa shape index (κ1) is 17.2. The van der Waals surface area contributed by atoms with Crippen LogP contribution < -0.4 is 11.3 Å². The van der Waals surface area contributed by atoms with E-state index in [0.717, 1.165) is 11.3 Å². The van der Waals surface area contributed by atoms with Crippen LogP contribution in [0.25, 0.3) is 10.2 Å². The number of hydrogen-bond acceptors (Lipinski definition) is 7. The highest BCUT2D eigenvalue weighted by molar-refractivity contribution is 8.13. The van der Waals surface area contributed by atoms with Gasteiger partial charge in [0.05, 0.1) is 24.8 Å². The molecule has 0 spiro atoms. The number of H-pyrrole nitrogens is 1. The second kappa shape index (κ2) is 7.42. The van der Waals surface area contributed by atoms with Crippen LogP contribution in [0.15, 0.2) is 22.4 Å². The molecule has 7 nitrogen and oxygen atoms in total. The van der Waals surface area contributed by atoms with E-state index in [9.17, 15) is 9.59 Å². The molecule has 2 aromatic rings. The zero-order valence-electron chi connectivity index (χ0n) is 12.7. The number of carbonyl (C=O) groups excluding carboxylic acids is 1. The second-order valence-corrected chi connectivity index (χ2v) is 6.49. The van der Waals surface area contributed by atoms with Crippen molar-refractivity contribution in [2.24, 2.45) is 10.7 Å². The number of aryl methyl sites for hydroxylation is 1. The van der Waals surface area contributed by atoms with Crippen LogP contribution in [0.4, 0.5) is 0 Å². The van der Waals surface area contributed by atoms with Crippen molar-refractivity contribution < 1.29 is 9.53 Å². The lowest BCUT2D eigenvalue weighted by molar-refractivity contribution is 0.0605. The van der Waals surface area contributed by atoms with Crippen molar-refractivity contribution in [2.75, 3.05) is 13.7 Å². The molecule has 0 saturated carbocycles. The molecule has 0 amide bonds. The Balaban J connectivity index is 2.33. The molecule has 0 aliphatic heterocycles. The van der Waals surface area contributed by atoms with Gasteiger partial charge in [-0.3, -0.25) is 9.79 Å². The number of nitrogens with one attached hydrogen (secondary N) is 1. The number of carbonyl (C=O) groups is 1. The van der Waals surface area contributed by atoms with Crippen molar-refractivity contribution in [3.63, 3.8) is 0 Å². The quantitative estimate of drug-likeness (QED) is 0.367.